The number of carboxylic acids is 1. The Morgan fingerprint density at radius 1 is 1.00 bits per heavy atom. The fourth-order valence-electron chi connectivity index (χ4n) is 2.15. The number of nitrogens with zero attached hydrogens (tertiary/aromatic N) is 1. The Balaban J connectivity index is 1.86. The van der Waals surface area contributed by atoms with Crippen LogP contribution in [-0.4, -0.2) is 34.7 Å². The number of hydrogen-bond acceptors (Lipinski definition) is 4. The molecule has 6 nitrogen and oxygen atoms in total. The summed E-state index contributed by atoms with van der Waals surface area (Å²) in [6.07, 6.45) is -0.662. The fraction of sp³-hybridized carbons (Fsp3) is 0.211. The van der Waals surface area contributed by atoms with Gasteiger partial charge < -0.3 is 14.7 Å². The van der Waals surface area contributed by atoms with Crippen molar-refractivity contribution >= 4 is 17.7 Å². The standard InChI is InChI=1S/C19H18FNO5/c1-21(18(23)10-17(22)19(24)25)11-13-4-8-16(9-5-13)26-12-14-2-6-15(20)7-3-14/h2-9H,10-12H2,1H3,(H,24,25). The van der Waals surface area contributed by atoms with Gasteiger partial charge in [0, 0.05) is 13.6 Å². The van der Waals surface area contributed by atoms with Gasteiger partial charge in [-0.1, -0.05) is 24.3 Å². The van der Waals surface area contributed by atoms with E-state index in [-0.39, 0.29) is 12.4 Å². The van der Waals surface area contributed by atoms with E-state index in [4.69, 9.17) is 9.84 Å². The molecule has 7 heteroatoms. The van der Waals surface area contributed by atoms with E-state index in [0.29, 0.717) is 12.4 Å². The molecule has 0 saturated heterocycles. The number of ketones is 1. The molecule has 0 aliphatic heterocycles. The van der Waals surface area contributed by atoms with Crippen molar-refractivity contribution in [1.29, 1.82) is 0 Å². The summed E-state index contributed by atoms with van der Waals surface area (Å²) in [6, 6.07) is 13.0. The van der Waals surface area contributed by atoms with Crippen LogP contribution in [0.2, 0.25) is 0 Å². The summed E-state index contributed by atoms with van der Waals surface area (Å²) in [5, 5.41) is 8.53. The Hall–Kier alpha value is -3.22. The van der Waals surface area contributed by atoms with E-state index in [1.807, 2.05) is 0 Å². The Labute approximate surface area is 149 Å². The molecule has 0 heterocycles. The van der Waals surface area contributed by atoms with Gasteiger partial charge in [-0.25, -0.2) is 9.18 Å². The van der Waals surface area contributed by atoms with E-state index in [1.165, 1.54) is 24.1 Å². The molecule has 0 aliphatic rings. The second-order valence-electron chi connectivity index (χ2n) is 5.71. The van der Waals surface area contributed by atoms with Crippen LogP contribution in [0.15, 0.2) is 48.5 Å². The summed E-state index contributed by atoms with van der Waals surface area (Å²) in [4.78, 5) is 34.6. The lowest BCUT2D eigenvalue weighted by Crippen LogP contribution is -2.30. The zero-order valence-electron chi connectivity index (χ0n) is 14.1. The molecule has 0 atom stereocenters. The Morgan fingerprint density at radius 2 is 1.58 bits per heavy atom. The number of carbonyl (C=O) groups is 3. The van der Waals surface area contributed by atoms with E-state index in [0.717, 1.165) is 11.1 Å². The maximum absolute atomic E-state index is 12.8. The molecular weight excluding hydrogens is 341 g/mol. The maximum Gasteiger partial charge on any atom is 0.372 e. The number of halogens is 1. The molecule has 26 heavy (non-hydrogen) atoms. The number of rotatable bonds is 8. The minimum absolute atomic E-state index is 0.240. The number of aliphatic carboxylic acids is 1. The molecule has 1 N–H and O–H groups in total. The largest absolute Gasteiger partial charge is 0.489 e. The first-order chi connectivity index (χ1) is 12.3. The van der Waals surface area contributed by atoms with E-state index < -0.39 is 24.1 Å². The molecular formula is C19H18FNO5. The SMILES string of the molecule is CN(Cc1ccc(OCc2ccc(F)cc2)cc1)C(=O)CC(=O)C(=O)O. The van der Waals surface area contributed by atoms with Gasteiger partial charge in [-0.15, -0.1) is 0 Å². The highest BCUT2D eigenvalue weighted by atomic mass is 19.1. The number of carboxylic acid groups (broad SMARTS) is 1. The minimum Gasteiger partial charge on any atom is -0.489 e. The van der Waals surface area contributed by atoms with Crippen molar-refractivity contribution in [3.05, 3.63) is 65.5 Å². The summed E-state index contributed by atoms with van der Waals surface area (Å²) >= 11 is 0. The van der Waals surface area contributed by atoms with Gasteiger partial charge in [0.05, 0.1) is 6.42 Å². The van der Waals surface area contributed by atoms with Crippen molar-refractivity contribution in [2.45, 2.75) is 19.6 Å². The van der Waals surface area contributed by atoms with E-state index in [1.54, 1.807) is 36.4 Å². The number of ether oxygens (including phenoxy) is 1. The molecule has 0 radical (unpaired) electrons. The molecule has 0 spiro atoms. The lowest BCUT2D eigenvalue weighted by molar-refractivity contribution is -0.151. The fourth-order valence-corrected chi connectivity index (χ4v) is 2.15. The average Bonchev–Trinajstić information content (AvgIpc) is 2.62. The Bertz CT molecular complexity index is 787. The highest BCUT2D eigenvalue weighted by Gasteiger charge is 2.19. The van der Waals surface area contributed by atoms with Crippen LogP contribution in [0, 0.1) is 5.82 Å². The van der Waals surface area contributed by atoms with Gasteiger partial charge in [-0.2, -0.15) is 0 Å². The number of benzene rings is 2. The number of amides is 1. The maximum atomic E-state index is 12.8. The first kappa shape index (κ1) is 19.1. The number of carbonyl (C=O) groups excluding carboxylic acids is 2. The topological polar surface area (TPSA) is 83.9 Å². The van der Waals surface area contributed by atoms with Crippen LogP contribution >= 0.6 is 0 Å². The monoisotopic (exact) mass is 359 g/mol. The molecule has 1 amide bonds. The third-order valence-corrected chi connectivity index (χ3v) is 3.64. The number of hydrogen-bond donors (Lipinski definition) is 1. The van der Waals surface area contributed by atoms with Crippen molar-refractivity contribution in [2.75, 3.05) is 7.05 Å². The van der Waals surface area contributed by atoms with E-state index in [9.17, 15) is 18.8 Å². The quantitative estimate of drug-likeness (QED) is 0.578. The van der Waals surface area contributed by atoms with Gasteiger partial charge >= 0.3 is 5.97 Å². The van der Waals surface area contributed by atoms with Crippen LogP contribution in [0.3, 0.4) is 0 Å². The second-order valence-corrected chi connectivity index (χ2v) is 5.71. The summed E-state index contributed by atoms with van der Waals surface area (Å²) in [7, 11) is 1.50. The van der Waals surface area contributed by atoms with Crippen LogP contribution < -0.4 is 4.74 Å². The molecule has 0 bridgehead atoms. The molecule has 2 aromatic carbocycles. The van der Waals surface area contributed by atoms with Crippen LogP contribution in [0.5, 0.6) is 5.75 Å². The molecule has 0 fully saturated rings. The van der Waals surface area contributed by atoms with Crippen molar-refractivity contribution in [3.63, 3.8) is 0 Å². The normalized spacial score (nSPS) is 10.2. The molecule has 0 aliphatic carbocycles. The predicted octanol–water partition coefficient (Wildman–Crippen LogP) is 2.41. The Morgan fingerprint density at radius 3 is 2.15 bits per heavy atom. The summed E-state index contributed by atoms with van der Waals surface area (Å²) in [6.45, 7) is 0.541. The predicted molar refractivity (Wildman–Crippen MR) is 90.9 cm³/mol. The van der Waals surface area contributed by atoms with Crippen LogP contribution in [0.25, 0.3) is 0 Å². The van der Waals surface area contributed by atoms with Gasteiger partial charge in [0.2, 0.25) is 11.7 Å². The van der Waals surface area contributed by atoms with E-state index >= 15 is 0 Å². The highest BCUT2D eigenvalue weighted by Crippen LogP contribution is 2.15. The third kappa shape index (κ3) is 5.70. The Kier molecular flexibility index (Phi) is 6.43. The van der Waals surface area contributed by atoms with Crippen LogP contribution in [0.1, 0.15) is 17.5 Å². The smallest absolute Gasteiger partial charge is 0.372 e. The zero-order chi connectivity index (χ0) is 19.1. The van der Waals surface area contributed by atoms with Gasteiger partial charge in [-0.3, -0.25) is 9.59 Å². The molecule has 2 rings (SSSR count). The molecule has 0 unspecified atom stereocenters. The second kappa shape index (κ2) is 8.75. The summed E-state index contributed by atoms with van der Waals surface area (Å²) in [5.74, 6) is -3.00. The van der Waals surface area contributed by atoms with Crippen LogP contribution in [0.4, 0.5) is 4.39 Å². The molecule has 0 saturated carbocycles. The lowest BCUT2D eigenvalue weighted by atomic mass is 10.2. The number of Topliss-reactive ketones (excluding diaryl/α,β-unsaturated/α-hetero) is 1. The van der Waals surface area contributed by atoms with E-state index in [2.05, 4.69) is 0 Å². The van der Waals surface area contributed by atoms with Crippen molar-refractivity contribution < 1.29 is 28.6 Å². The molecule has 136 valence electrons. The van der Waals surface area contributed by atoms with Gasteiger partial charge in [0.15, 0.2) is 0 Å². The zero-order valence-corrected chi connectivity index (χ0v) is 14.1. The first-order valence-corrected chi connectivity index (χ1v) is 7.81. The van der Waals surface area contributed by atoms with Gasteiger partial charge in [0.25, 0.3) is 0 Å². The van der Waals surface area contributed by atoms with Crippen molar-refractivity contribution in [3.8, 4) is 5.75 Å². The van der Waals surface area contributed by atoms with Gasteiger partial charge in [0.1, 0.15) is 18.2 Å². The minimum atomic E-state index is -1.62. The van der Waals surface area contributed by atoms with Crippen molar-refractivity contribution in [2.24, 2.45) is 0 Å². The van der Waals surface area contributed by atoms with Gasteiger partial charge in [-0.05, 0) is 35.4 Å². The lowest BCUT2D eigenvalue weighted by Gasteiger charge is -2.16. The summed E-state index contributed by atoms with van der Waals surface area (Å²) in [5.41, 5.74) is 1.64. The summed E-state index contributed by atoms with van der Waals surface area (Å²) < 4.78 is 18.5. The van der Waals surface area contributed by atoms with Crippen LogP contribution in [-0.2, 0) is 27.5 Å². The van der Waals surface area contributed by atoms with Crippen molar-refractivity contribution in [1.82, 2.24) is 4.90 Å². The third-order valence-electron chi connectivity index (χ3n) is 3.64. The molecule has 2 aromatic rings. The first-order valence-electron chi connectivity index (χ1n) is 7.81. The average molecular weight is 359 g/mol. The molecule has 0 aromatic heterocycles. The highest BCUT2D eigenvalue weighted by molar-refractivity contribution is 6.36.